The van der Waals surface area contributed by atoms with Gasteiger partial charge in [0.1, 0.15) is 0 Å². The summed E-state index contributed by atoms with van der Waals surface area (Å²) in [6.45, 7) is 13.4. The Morgan fingerprint density at radius 2 is 1.83 bits per heavy atom. The maximum Gasteiger partial charge on any atom is 0.336 e. The van der Waals surface area contributed by atoms with Crippen LogP contribution in [0.5, 0.6) is 0 Å². The molecule has 0 saturated carbocycles. The summed E-state index contributed by atoms with van der Waals surface area (Å²) < 4.78 is 12.0. The standard InChI is InChI=1S/C22H33N3O3Si/c1-7-27-21(26)20(28-29(5,6)22(2,3)4)19(18-13-14-24-25-16-18)23-15-17-11-9-8-10-12-17/h8-14,16,19-20,23H,7,15H2,1-6H3/t19-,20+/m1/s1. The van der Waals surface area contributed by atoms with Crippen LogP contribution < -0.4 is 5.32 Å². The van der Waals surface area contributed by atoms with E-state index in [1.165, 1.54) is 0 Å². The van der Waals surface area contributed by atoms with E-state index < -0.39 is 20.5 Å². The Morgan fingerprint density at radius 1 is 1.14 bits per heavy atom. The van der Waals surface area contributed by atoms with Crippen molar-refractivity contribution >= 4 is 14.3 Å². The van der Waals surface area contributed by atoms with Gasteiger partial charge in [0.15, 0.2) is 14.4 Å². The minimum Gasteiger partial charge on any atom is -0.464 e. The Bertz CT molecular complexity index is 764. The lowest BCUT2D eigenvalue weighted by Crippen LogP contribution is -2.50. The average molecular weight is 416 g/mol. The second-order valence-corrected chi connectivity index (χ2v) is 13.3. The molecule has 0 amide bonds. The van der Waals surface area contributed by atoms with E-state index in [9.17, 15) is 4.79 Å². The van der Waals surface area contributed by atoms with Gasteiger partial charge in [0.05, 0.1) is 18.8 Å². The predicted octanol–water partition coefficient (Wildman–Crippen LogP) is 4.26. The highest BCUT2D eigenvalue weighted by atomic mass is 28.4. The Kier molecular flexibility index (Phi) is 8.07. The van der Waals surface area contributed by atoms with Gasteiger partial charge in [-0.1, -0.05) is 51.1 Å². The highest BCUT2D eigenvalue weighted by molar-refractivity contribution is 6.74. The van der Waals surface area contributed by atoms with Crippen molar-refractivity contribution < 1.29 is 14.0 Å². The molecule has 7 heteroatoms. The summed E-state index contributed by atoms with van der Waals surface area (Å²) in [5, 5.41) is 11.3. The van der Waals surface area contributed by atoms with Gasteiger partial charge in [0.2, 0.25) is 0 Å². The predicted molar refractivity (Wildman–Crippen MR) is 117 cm³/mol. The summed E-state index contributed by atoms with van der Waals surface area (Å²) in [6, 6.07) is 11.5. The second kappa shape index (κ2) is 10.1. The molecule has 0 aliphatic rings. The number of hydrogen-bond donors (Lipinski definition) is 1. The quantitative estimate of drug-likeness (QED) is 0.487. The van der Waals surface area contributed by atoms with Crippen molar-refractivity contribution in [2.24, 2.45) is 0 Å². The van der Waals surface area contributed by atoms with Crippen LogP contribution in [0.25, 0.3) is 0 Å². The van der Waals surface area contributed by atoms with Gasteiger partial charge in [-0.2, -0.15) is 10.2 Å². The van der Waals surface area contributed by atoms with Gasteiger partial charge in [-0.3, -0.25) is 0 Å². The maximum absolute atomic E-state index is 13.0. The lowest BCUT2D eigenvalue weighted by atomic mass is 10.0. The lowest BCUT2D eigenvalue weighted by molar-refractivity contribution is -0.153. The highest BCUT2D eigenvalue weighted by Gasteiger charge is 2.44. The summed E-state index contributed by atoms with van der Waals surface area (Å²) in [7, 11) is -2.24. The third kappa shape index (κ3) is 6.45. The molecule has 0 bridgehead atoms. The topological polar surface area (TPSA) is 73.3 Å². The summed E-state index contributed by atoms with van der Waals surface area (Å²) in [4.78, 5) is 13.0. The number of nitrogens with zero attached hydrogens (tertiary/aromatic N) is 2. The molecule has 158 valence electrons. The number of carbonyl (C=O) groups is 1. The van der Waals surface area contributed by atoms with E-state index in [1.807, 2.05) is 43.3 Å². The molecule has 29 heavy (non-hydrogen) atoms. The molecule has 1 aromatic carbocycles. The van der Waals surface area contributed by atoms with Gasteiger partial charge in [-0.15, -0.1) is 0 Å². The van der Waals surface area contributed by atoms with Gasteiger partial charge in [-0.05, 0) is 42.2 Å². The van der Waals surface area contributed by atoms with Crippen LogP contribution in [0.3, 0.4) is 0 Å². The van der Waals surface area contributed by atoms with Gasteiger partial charge in [0, 0.05) is 12.7 Å². The summed E-state index contributed by atoms with van der Waals surface area (Å²) in [5.74, 6) is -0.361. The molecule has 0 aliphatic carbocycles. The van der Waals surface area contributed by atoms with Crippen LogP contribution in [0.2, 0.25) is 18.1 Å². The molecule has 0 aliphatic heterocycles. The molecule has 1 aromatic heterocycles. The number of esters is 1. The lowest BCUT2D eigenvalue weighted by Gasteiger charge is -2.40. The Balaban J connectivity index is 2.38. The van der Waals surface area contributed by atoms with E-state index in [2.05, 4.69) is 49.4 Å². The normalized spacial score (nSPS) is 14.3. The number of hydrogen-bond acceptors (Lipinski definition) is 6. The van der Waals surface area contributed by atoms with E-state index in [1.54, 1.807) is 12.4 Å². The number of carbonyl (C=O) groups excluding carboxylic acids is 1. The zero-order chi connectivity index (χ0) is 21.5. The van der Waals surface area contributed by atoms with Crippen molar-refractivity contribution in [2.45, 2.75) is 64.5 Å². The average Bonchev–Trinajstić information content (AvgIpc) is 2.68. The molecule has 0 fully saturated rings. The first-order valence-corrected chi connectivity index (χ1v) is 12.9. The first-order valence-electron chi connectivity index (χ1n) is 10.0. The van der Waals surface area contributed by atoms with Crippen LogP contribution in [0.15, 0.2) is 48.8 Å². The molecule has 0 saturated heterocycles. The zero-order valence-corrected chi connectivity index (χ0v) is 19.3. The smallest absolute Gasteiger partial charge is 0.336 e. The number of rotatable bonds is 9. The fraction of sp³-hybridized carbons (Fsp3) is 0.500. The van der Waals surface area contributed by atoms with Crippen molar-refractivity contribution in [3.05, 3.63) is 59.9 Å². The molecule has 6 nitrogen and oxygen atoms in total. The molecule has 2 atom stereocenters. The zero-order valence-electron chi connectivity index (χ0n) is 18.3. The van der Waals surface area contributed by atoms with Crippen LogP contribution in [-0.4, -0.2) is 37.2 Å². The SMILES string of the molecule is CCOC(=O)[C@@H](O[Si](C)(C)C(C)(C)C)[C@H](NCc1ccccc1)c1ccnnc1. The minimum atomic E-state index is -2.24. The van der Waals surface area contributed by atoms with Gasteiger partial charge < -0.3 is 14.5 Å². The summed E-state index contributed by atoms with van der Waals surface area (Å²) in [5.41, 5.74) is 1.96. The second-order valence-electron chi connectivity index (χ2n) is 8.57. The van der Waals surface area contributed by atoms with E-state index in [4.69, 9.17) is 9.16 Å². The fourth-order valence-corrected chi connectivity index (χ4v) is 3.90. The Labute approximate surface area is 175 Å². The molecule has 0 unspecified atom stereocenters. The first-order chi connectivity index (χ1) is 13.7. The van der Waals surface area contributed by atoms with E-state index >= 15 is 0 Å². The third-order valence-electron chi connectivity index (χ3n) is 5.38. The number of benzene rings is 1. The molecule has 2 aromatic rings. The van der Waals surface area contributed by atoms with Crippen molar-refractivity contribution in [2.75, 3.05) is 6.61 Å². The molecule has 1 N–H and O–H groups in total. The van der Waals surface area contributed by atoms with E-state index in [-0.39, 0.29) is 11.0 Å². The van der Waals surface area contributed by atoms with Crippen LogP contribution in [0.1, 0.15) is 44.9 Å². The van der Waals surface area contributed by atoms with Crippen molar-refractivity contribution in [3.8, 4) is 0 Å². The van der Waals surface area contributed by atoms with Gasteiger partial charge in [-0.25, -0.2) is 4.79 Å². The molecule has 0 spiro atoms. The molecule has 2 rings (SSSR count). The first kappa shape index (κ1) is 23.2. The minimum absolute atomic E-state index is 0.0434. The van der Waals surface area contributed by atoms with Crippen molar-refractivity contribution in [1.82, 2.24) is 15.5 Å². The highest BCUT2D eigenvalue weighted by Crippen LogP contribution is 2.39. The summed E-state index contributed by atoms with van der Waals surface area (Å²) >= 11 is 0. The largest absolute Gasteiger partial charge is 0.464 e. The molecular weight excluding hydrogens is 382 g/mol. The van der Waals surface area contributed by atoms with Gasteiger partial charge in [0.25, 0.3) is 0 Å². The van der Waals surface area contributed by atoms with Crippen LogP contribution in [-0.2, 0) is 20.5 Å². The number of ether oxygens (including phenoxy) is 1. The van der Waals surface area contributed by atoms with E-state index in [0.29, 0.717) is 13.2 Å². The maximum atomic E-state index is 13.0. The number of nitrogens with one attached hydrogen (secondary N) is 1. The van der Waals surface area contributed by atoms with E-state index in [0.717, 1.165) is 11.1 Å². The molecular formula is C22H33N3O3Si. The van der Waals surface area contributed by atoms with Gasteiger partial charge >= 0.3 is 5.97 Å². The monoisotopic (exact) mass is 415 g/mol. The third-order valence-corrected chi connectivity index (χ3v) is 9.84. The summed E-state index contributed by atoms with van der Waals surface area (Å²) in [6.07, 6.45) is 2.52. The Morgan fingerprint density at radius 3 is 2.38 bits per heavy atom. The van der Waals surface area contributed by atoms with Crippen molar-refractivity contribution in [1.29, 1.82) is 0 Å². The molecule has 1 heterocycles. The number of aromatic nitrogens is 2. The van der Waals surface area contributed by atoms with Crippen LogP contribution >= 0.6 is 0 Å². The molecule has 0 radical (unpaired) electrons. The van der Waals surface area contributed by atoms with Crippen molar-refractivity contribution in [3.63, 3.8) is 0 Å². The Hall–Kier alpha value is -2.09. The van der Waals surface area contributed by atoms with Crippen LogP contribution in [0, 0.1) is 0 Å². The van der Waals surface area contributed by atoms with Crippen LogP contribution in [0.4, 0.5) is 0 Å². The fourth-order valence-electron chi connectivity index (χ4n) is 2.68.